The Morgan fingerprint density at radius 2 is 2.03 bits per heavy atom. The molecule has 0 saturated heterocycles. The van der Waals surface area contributed by atoms with Crippen molar-refractivity contribution in [2.75, 3.05) is 10.6 Å². The molecule has 1 heterocycles. The van der Waals surface area contributed by atoms with E-state index in [4.69, 9.17) is 11.6 Å². The van der Waals surface area contributed by atoms with E-state index in [1.165, 1.54) is 12.1 Å². The summed E-state index contributed by atoms with van der Waals surface area (Å²) in [6.07, 6.45) is -5.11. The monoisotopic (exact) mass is 440 g/mol. The van der Waals surface area contributed by atoms with Crippen molar-refractivity contribution in [3.05, 3.63) is 52.0 Å². The van der Waals surface area contributed by atoms with Gasteiger partial charge in [-0.25, -0.2) is 0 Å². The van der Waals surface area contributed by atoms with E-state index in [1.807, 2.05) is 0 Å². The fourth-order valence-electron chi connectivity index (χ4n) is 4.44. The molecule has 4 N–H and O–H groups in total. The minimum atomic E-state index is -4.92. The fraction of sp³-hybridized carbons (Fsp3) is 0.381. The Balaban J connectivity index is 1.83. The van der Waals surface area contributed by atoms with Gasteiger partial charge >= 0.3 is 6.18 Å². The van der Waals surface area contributed by atoms with Crippen molar-refractivity contribution in [1.82, 2.24) is 0 Å². The highest BCUT2D eigenvalue weighted by molar-refractivity contribution is 6.32. The normalized spacial score (nSPS) is 25.5. The van der Waals surface area contributed by atoms with Crippen LogP contribution in [0.2, 0.25) is 5.02 Å². The molecule has 0 spiro atoms. The van der Waals surface area contributed by atoms with Crippen LogP contribution in [0.3, 0.4) is 0 Å². The van der Waals surface area contributed by atoms with Gasteiger partial charge in [-0.2, -0.15) is 13.2 Å². The number of phenolic OH excluding ortho intramolecular Hbond substituents is 1. The molecule has 0 unspecified atom stereocenters. The third-order valence-corrected chi connectivity index (χ3v) is 6.29. The number of aliphatic hydroxyl groups is 1. The van der Waals surface area contributed by atoms with Crippen LogP contribution in [-0.4, -0.2) is 27.9 Å². The van der Waals surface area contributed by atoms with Gasteiger partial charge in [0.2, 0.25) is 5.91 Å². The summed E-state index contributed by atoms with van der Waals surface area (Å²) in [5.74, 6) is -1.17. The maximum Gasteiger partial charge on any atom is 0.419 e. The number of hydrogen-bond donors (Lipinski definition) is 4. The number of nitrogens with one attached hydrogen (secondary N) is 2. The molecule has 1 aliphatic heterocycles. The van der Waals surface area contributed by atoms with Crippen molar-refractivity contribution in [1.29, 1.82) is 0 Å². The van der Waals surface area contributed by atoms with Crippen molar-refractivity contribution >= 4 is 28.9 Å². The molecular formula is C21H20ClF3N2O3. The van der Waals surface area contributed by atoms with E-state index < -0.39 is 30.2 Å². The predicted molar refractivity (Wildman–Crippen MR) is 107 cm³/mol. The lowest BCUT2D eigenvalue weighted by atomic mass is 9.69. The van der Waals surface area contributed by atoms with Crippen LogP contribution in [0, 0.1) is 0 Å². The van der Waals surface area contributed by atoms with Gasteiger partial charge in [0.05, 0.1) is 17.5 Å². The first-order valence-electron chi connectivity index (χ1n) is 9.54. The Morgan fingerprint density at radius 1 is 1.30 bits per heavy atom. The molecule has 0 radical (unpaired) electrons. The smallest absolute Gasteiger partial charge is 0.419 e. The van der Waals surface area contributed by atoms with Crippen LogP contribution in [0.25, 0.3) is 0 Å². The molecule has 1 amide bonds. The second kappa shape index (κ2) is 7.06. The van der Waals surface area contributed by atoms with Gasteiger partial charge in [0.15, 0.2) is 5.60 Å². The molecule has 2 aromatic carbocycles. The maximum absolute atomic E-state index is 14.1. The van der Waals surface area contributed by atoms with E-state index in [0.717, 1.165) is 0 Å². The second-order valence-corrected chi connectivity index (χ2v) is 8.21. The number of amides is 1. The van der Waals surface area contributed by atoms with Crippen LogP contribution in [0.4, 0.5) is 24.5 Å². The summed E-state index contributed by atoms with van der Waals surface area (Å²) >= 11 is 6.02. The Labute approximate surface area is 175 Å². The van der Waals surface area contributed by atoms with E-state index in [1.54, 1.807) is 25.1 Å². The molecule has 0 saturated carbocycles. The SMILES string of the molecule is CC[C@@H]1C[C@](O)(C(F)(F)F)[C@@H](Nc2ccc3c(c2)CC(=O)N3)c2ccc(Cl)c(O)c21. The summed E-state index contributed by atoms with van der Waals surface area (Å²) in [5, 5.41) is 26.9. The van der Waals surface area contributed by atoms with E-state index >= 15 is 0 Å². The Morgan fingerprint density at radius 3 is 2.70 bits per heavy atom. The number of halogens is 4. The molecule has 3 atom stereocenters. The van der Waals surface area contributed by atoms with Crippen LogP contribution in [0.1, 0.15) is 48.4 Å². The molecule has 0 aromatic heterocycles. The van der Waals surface area contributed by atoms with Crippen molar-refractivity contribution in [3.63, 3.8) is 0 Å². The lowest BCUT2D eigenvalue weighted by molar-refractivity contribution is -0.272. The molecule has 2 aliphatic rings. The van der Waals surface area contributed by atoms with Gasteiger partial charge in [0.1, 0.15) is 5.75 Å². The summed E-state index contributed by atoms with van der Waals surface area (Å²) in [4.78, 5) is 11.6. The first-order valence-corrected chi connectivity index (χ1v) is 9.92. The highest BCUT2D eigenvalue weighted by Gasteiger charge is 2.62. The van der Waals surface area contributed by atoms with Crippen molar-refractivity contribution < 1.29 is 28.2 Å². The van der Waals surface area contributed by atoms with E-state index in [-0.39, 0.29) is 28.7 Å². The van der Waals surface area contributed by atoms with Crippen LogP contribution >= 0.6 is 11.6 Å². The number of fused-ring (bicyclic) bond motifs is 2. The minimum absolute atomic E-state index is 0.0468. The number of rotatable bonds is 3. The third kappa shape index (κ3) is 3.18. The number of carbonyl (C=O) groups excluding carboxylic acids is 1. The van der Waals surface area contributed by atoms with Gasteiger partial charge in [-0.1, -0.05) is 24.6 Å². The zero-order chi connectivity index (χ0) is 21.8. The summed E-state index contributed by atoms with van der Waals surface area (Å²) < 4.78 is 42.3. The summed E-state index contributed by atoms with van der Waals surface area (Å²) in [6.45, 7) is 1.70. The zero-order valence-corrected chi connectivity index (χ0v) is 16.7. The largest absolute Gasteiger partial charge is 0.506 e. The maximum atomic E-state index is 14.1. The highest BCUT2D eigenvalue weighted by atomic mass is 35.5. The molecule has 0 bridgehead atoms. The van der Waals surface area contributed by atoms with Gasteiger partial charge in [-0.15, -0.1) is 0 Å². The van der Waals surface area contributed by atoms with E-state index in [9.17, 15) is 28.2 Å². The molecule has 30 heavy (non-hydrogen) atoms. The van der Waals surface area contributed by atoms with Gasteiger partial charge in [-0.05, 0) is 54.2 Å². The quantitative estimate of drug-likeness (QED) is 0.548. The van der Waals surface area contributed by atoms with Crippen molar-refractivity contribution in [2.45, 2.75) is 49.9 Å². The second-order valence-electron chi connectivity index (χ2n) is 7.80. The number of benzene rings is 2. The topological polar surface area (TPSA) is 81.6 Å². The van der Waals surface area contributed by atoms with Crippen LogP contribution in [0.15, 0.2) is 30.3 Å². The average molecular weight is 441 g/mol. The fourth-order valence-corrected chi connectivity index (χ4v) is 4.61. The van der Waals surface area contributed by atoms with Gasteiger partial charge in [-0.3, -0.25) is 4.79 Å². The van der Waals surface area contributed by atoms with E-state index in [0.29, 0.717) is 28.9 Å². The van der Waals surface area contributed by atoms with Gasteiger partial charge < -0.3 is 20.8 Å². The molecule has 1 aliphatic carbocycles. The molecule has 5 nitrogen and oxygen atoms in total. The summed E-state index contributed by atoms with van der Waals surface area (Å²) in [5.41, 5.74) is -1.01. The average Bonchev–Trinajstić information content (AvgIpc) is 3.04. The number of hydrogen-bond acceptors (Lipinski definition) is 4. The first-order chi connectivity index (χ1) is 14.0. The summed E-state index contributed by atoms with van der Waals surface area (Å²) in [6, 6.07) is 5.90. The third-order valence-electron chi connectivity index (χ3n) is 5.98. The molecular weight excluding hydrogens is 421 g/mol. The van der Waals surface area contributed by atoms with Crippen LogP contribution in [0.5, 0.6) is 5.75 Å². The Kier molecular flexibility index (Phi) is 4.90. The number of carbonyl (C=O) groups is 1. The Bertz CT molecular complexity index is 1030. The minimum Gasteiger partial charge on any atom is -0.506 e. The number of phenols is 1. The van der Waals surface area contributed by atoms with Gasteiger partial charge in [0, 0.05) is 16.9 Å². The van der Waals surface area contributed by atoms with Gasteiger partial charge in [0.25, 0.3) is 0 Å². The van der Waals surface area contributed by atoms with E-state index in [2.05, 4.69) is 10.6 Å². The lowest BCUT2D eigenvalue weighted by Crippen LogP contribution is -2.55. The highest BCUT2D eigenvalue weighted by Crippen LogP contribution is 2.55. The molecule has 4 rings (SSSR count). The predicted octanol–water partition coefficient (Wildman–Crippen LogP) is 4.88. The van der Waals surface area contributed by atoms with Crippen LogP contribution < -0.4 is 10.6 Å². The zero-order valence-electron chi connectivity index (χ0n) is 16.0. The first kappa shape index (κ1) is 20.8. The molecule has 9 heteroatoms. The Hall–Kier alpha value is -2.45. The van der Waals surface area contributed by atoms with Crippen molar-refractivity contribution in [3.8, 4) is 5.75 Å². The lowest BCUT2D eigenvalue weighted by Gasteiger charge is -2.46. The number of aromatic hydroxyl groups is 1. The number of alkyl halides is 3. The number of anilines is 2. The molecule has 160 valence electrons. The van der Waals surface area contributed by atoms with Crippen molar-refractivity contribution in [2.24, 2.45) is 0 Å². The molecule has 2 aromatic rings. The standard InChI is InChI=1S/C21H20ClF3N2O3/c1-2-10-9-20(30,21(23,24)25)19(13-4-5-14(22)18(29)17(10)13)26-12-3-6-15-11(7-12)8-16(28)27-15/h3-7,10,19,26,29-30H,2,8-9H2,1H3,(H,27,28)/t10-,19+,20-/m1/s1. The van der Waals surface area contributed by atoms with Crippen LogP contribution in [-0.2, 0) is 11.2 Å². The summed E-state index contributed by atoms with van der Waals surface area (Å²) in [7, 11) is 0. The molecule has 0 fully saturated rings.